The molecule has 2 aliphatic heterocycles. The van der Waals surface area contributed by atoms with E-state index in [1.54, 1.807) is 6.20 Å². The molecule has 2 saturated heterocycles. The summed E-state index contributed by atoms with van der Waals surface area (Å²) in [4.78, 5) is 33.2. The Morgan fingerprint density at radius 1 is 1.11 bits per heavy atom. The van der Waals surface area contributed by atoms with Crippen molar-refractivity contribution in [2.24, 2.45) is 5.92 Å². The largest absolute Gasteiger partial charge is 0.378 e. The van der Waals surface area contributed by atoms with Crippen LogP contribution in [-0.2, 0) is 4.74 Å². The van der Waals surface area contributed by atoms with Gasteiger partial charge >= 0.3 is 0 Å². The van der Waals surface area contributed by atoms with E-state index >= 15 is 0 Å². The van der Waals surface area contributed by atoms with Gasteiger partial charge in [0.1, 0.15) is 0 Å². The predicted molar refractivity (Wildman–Crippen MR) is 104 cm³/mol. The number of rotatable bonds is 3. The molecule has 0 unspecified atom stereocenters. The standard InChI is InChI=1S/C19H26N6O2/c1-13-3-5-24(6-4-13)18-20-12-15(14(2)21-18)16-11-17(26)23-19(22-16)25-7-9-27-10-8-25/h11-13H,3-10H2,1-2H3,(H,22,23,26). The van der Waals surface area contributed by atoms with Crippen molar-refractivity contribution in [1.29, 1.82) is 0 Å². The van der Waals surface area contributed by atoms with Crippen molar-refractivity contribution in [2.45, 2.75) is 26.7 Å². The summed E-state index contributed by atoms with van der Waals surface area (Å²) in [7, 11) is 0. The Hall–Kier alpha value is -2.48. The van der Waals surface area contributed by atoms with Gasteiger partial charge in [0.15, 0.2) is 0 Å². The molecule has 144 valence electrons. The van der Waals surface area contributed by atoms with Gasteiger partial charge < -0.3 is 14.5 Å². The van der Waals surface area contributed by atoms with Crippen LogP contribution < -0.4 is 15.4 Å². The number of anilines is 2. The van der Waals surface area contributed by atoms with Crippen LogP contribution in [0.4, 0.5) is 11.9 Å². The molecule has 0 atom stereocenters. The zero-order valence-corrected chi connectivity index (χ0v) is 15.9. The first-order valence-corrected chi connectivity index (χ1v) is 9.63. The summed E-state index contributed by atoms with van der Waals surface area (Å²) < 4.78 is 5.38. The van der Waals surface area contributed by atoms with Crippen molar-refractivity contribution < 1.29 is 4.74 Å². The Morgan fingerprint density at radius 3 is 2.56 bits per heavy atom. The van der Waals surface area contributed by atoms with Gasteiger partial charge in [0.05, 0.1) is 24.6 Å². The van der Waals surface area contributed by atoms with E-state index in [4.69, 9.17) is 9.72 Å². The van der Waals surface area contributed by atoms with Crippen molar-refractivity contribution in [3.63, 3.8) is 0 Å². The van der Waals surface area contributed by atoms with Crippen LogP contribution in [0.25, 0.3) is 11.3 Å². The fourth-order valence-corrected chi connectivity index (χ4v) is 3.57. The maximum absolute atomic E-state index is 12.2. The molecule has 0 bridgehead atoms. The quantitative estimate of drug-likeness (QED) is 0.878. The Morgan fingerprint density at radius 2 is 1.85 bits per heavy atom. The van der Waals surface area contributed by atoms with E-state index in [2.05, 4.69) is 26.8 Å². The Kier molecular flexibility index (Phi) is 5.07. The molecule has 2 aromatic rings. The molecule has 1 N–H and O–H groups in total. The number of aromatic nitrogens is 4. The van der Waals surface area contributed by atoms with E-state index in [9.17, 15) is 4.79 Å². The summed E-state index contributed by atoms with van der Waals surface area (Å²) >= 11 is 0. The highest BCUT2D eigenvalue weighted by Crippen LogP contribution is 2.24. The third-order valence-corrected chi connectivity index (χ3v) is 5.35. The van der Waals surface area contributed by atoms with E-state index in [-0.39, 0.29) is 5.56 Å². The Bertz CT molecular complexity index is 854. The second-order valence-electron chi connectivity index (χ2n) is 7.39. The lowest BCUT2D eigenvalue weighted by Gasteiger charge is -2.30. The zero-order valence-electron chi connectivity index (χ0n) is 15.9. The second-order valence-corrected chi connectivity index (χ2v) is 7.39. The van der Waals surface area contributed by atoms with Crippen molar-refractivity contribution >= 4 is 11.9 Å². The monoisotopic (exact) mass is 370 g/mol. The molecule has 0 aliphatic carbocycles. The van der Waals surface area contributed by atoms with Crippen LogP contribution in [0.5, 0.6) is 0 Å². The van der Waals surface area contributed by atoms with Crippen molar-refractivity contribution in [2.75, 3.05) is 49.2 Å². The summed E-state index contributed by atoms with van der Waals surface area (Å²) in [5.74, 6) is 2.11. The first-order valence-electron chi connectivity index (χ1n) is 9.63. The molecular formula is C19H26N6O2. The lowest BCUT2D eigenvalue weighted by atomic mass is 10.00. The van der Waals surface area contributed by atoms with Crippen molar-refractivity contribution in [3.05, 3.63) is 28.3 Å². The fraction of sp³-hybridized carbons (Fsp3) is 0.579. The van der Waals surface area contributed by atoms with E-state index < -0.39 is 0 Å². The average Bonchev–Trinajstić information content (AvgIpc) is 2.68. The molecule has 4 rings (SSSR count). The summed E-state index contributed by atoms with van der Waals surface area (Å²) in [5.41, 5.74) is 2.07. The molecule has 2 fully saturated rings. The number of ether oxygens (including phenoxy) is 1. The highest BCUT2D eigenvalue weighted by atomic mass is 16.5. The minimum Gasteiger partial charge on any atom is -0.378 e. The van der Waals surface area contributed by atoms with Gasteiger partial charge in [0, 0.05) is 44.0 Å². The smallest absolute Gasteiger partial charge is 0.252 e. The highest BCUT2D eigenvalue weighted by Gasteiger charge is 2.20. The molecule has 8 heteroatoms. The summed E-state index contributed by atoms with van der Waals surface area (Å²) in [6.45, 7) is 8.93. The Balaban J connectivity index is 1.61. The number of nitrogens with one attached hydrogen (secondary N) is 1. The molecule has 0 saturated carbocycles. The lowest BCUT2D eigenvalue weighted by molar-refractivity contribution is 0.122. The zero-order chi connectivity index (χ0) is 18.8. The van der Waals surface area contributed by atoms with Crippen molar-refractivity contribution in [3.8, 4) is 11.3 Å². The van der Waals surface area contributed by atoms with Crippen LogP contribution in [0, 0.1) is 12.8 Å². The van der Waals surface area contributed by atoms with Crippen LogP contribution in [0.3, 0.4) is 0 Å². The lowest BCUT2D eigenvalue weighted by Crippen LogP contribution is -2.38. The van der Waals surface area contributed by atoms with Gasteiger partial charge in [0.2, 0.25) is 11.9 Å². The summed E-state index contributed by atoms with van der Waals surface area (Å²) in [6, 6.07) is 1.51. The normalized spacial score (nSPS) is 18.7. The molecule has 0 radical (unpaired) electrons. The third kappa shape index (κ3) is 3.95. The topological polar surface area (TPSA) is 87.2 Å². The van der Waals surface area contributed by atoms with Gasteiger partial charge in [-0.1, -0.05) is 6.92 Å². The number of hydrogen-bond donors (Lipinski definition) is 1. The fourth-order valence-electron chi connectivity index (χ4n) is 3.57. The minimum absolute atomic E-state index is 0.171. The number of H-pyrrole nitrogens is 1. The summed E-state index contributed by atoms with van der Waals surface area (Å²) in [5, 5.41) is 0. The molecule has 0 spiro atoms. The van der Waals surface area contributed by atoms with Crippen LogP contribution in [0.15, 0.2) is 17.1 Å². The van der Waals surface area contributed by atoms with E-state index in [1.165, 1.54) is 18.9 Å². The van der Waals surface area contributed by atoms with Crippen LogP contribution in [-0.4, -0.2) is 59.3 Å². The van der Waals surface area contributed by atoms with Crippen LogP contribution in [0.2, 0.25) is 0 Å². The van der Waals surface area contributed by atoms with E-state index in [1.807, 2.05) is 11.8 Å². The minimum atomic E-state index is -0.171. The number of morpholine rings is 1. The summed E-state index contributed by atoms with van der Waals surface area (Å²) in [6.07, 6.45) is 4.13. The number of aromatic amines is 1. The van der Waals surface area contributed by atoms with Gasteiger partial charge in [0.25, 0.3) is 5.56 Å². The molecule has 4 heterocycles. The maximum Gasteiger partial charge on any atom is 0.252 e. The number of nitrogens with zero attached hydrogens (tertiary/aromatic N) is 5. The molecule has 2 aliphatic rings. The SMILES string of the molecule is Cc1nc(N2CCC(C)CC2)ncc1-c1cc(=O)[nH]c(N2CCOCC2)n1. The van der Waals surface area contributed by atoms with Crippen LogP contribution >= 0.6 is 0 Å². The van der Waals surface area contributed by atoms with Gasteiger partial charge in [-0.2, -0.15) is 0 Å². The van der Waals surface area contributed by atoms with Crippen LogP contribution in [0.1, 0.15) is 25.5 Å². The molecular weight excluding hydrogens is 344 g/mol. The predicted octanol–water partition coefficient (Wildman–Crippen LogP) is 1.61. The highest BCUT2D eigenvalue weighted by molar-refractivity contribution is 5.62. The second kappa shape index (κ2) is 7.64. The molecule has 0 amide bonds. The molecule has 0 aromatic carbocycles. The molecule has 2 aromatic heterocycles. The average molecular weight is 370 g/mol. The van der Waals surface area contributed by atoms with Gasteiger partial charge in [-0.15, -0.1) is 0 Å². The van der Waals surface area contributed by atoms with Crippen molar-refractivity contribution in [1.82, 2.24) is 19.9 Å². The van der Waals surface area contributed by atoms with E-state index in [0.29, 0.717) is 37.9 Å². The molecule has 27 heavy (non-hydrogen) atoms. The molecule has 8 nitrogen and oxygen atoms in total. The third-order valence-electron chi connectivity index (χ3n) is 5.35. The number of piperidine rings is 1. The first-order chi connectivity index (χ1) is 13.1. The van der Waals surface area contributed by atoms with Gasteiger partial charge in [-0.05, 0) is 25.7 Å². The number of aryl methyl sites for hydroxylation is 1. The number of hydrogen-bond acceptors (Lipinski definition) is 7. The van der Waals surface area contributed by atoms with Gasteiger partial charge in [-0.25, -0.2) is 15.0 Å². The Labute approximate surface area is 158 Å². The van der Waals surface area contributed by atoms with E-state index in [0.717, 1.165) is 36.2 Å². The maximum atomic E-state index is 12.2. The first kappa shape index (κ1) is 17.9. The van der Waals surface area contributed by atoms with Gasteiger partial charge in [-0.3, -0.25) is 9.78 Å².